The lowest BCUT2D eigenvalue weighted by Crippen LogP contribution is -2.35. The number of hydrogen-bond acceptors (Lipinski definition) is 4. The van der Waals surface area contributed by atoms with E-state index in [0.717, 1.165) is 37.2 Å². The van der Waals surface area contributed by atoms with Crippen molar-refractivity contribution < 1.29 is 9.59 Å². The summed E-state index contributed by atoms with van der Waals surface area (Å²) in [6.07, 6.45) is 5.57. The molecule has 2 aromatic carbocycles. The van der Waals surface area contributed by atoms with Crippen LogP contribution in [0.2, 0.25) is 10.0 Å². The Balaban J connectivity index is 1.58. The smallest absolute Gasteiger partial charge is 0.255 e. The molecule has 2 heterocycles. The molecule has 0 aliphatic carbocycles. The number of carbonyl (C=O) groups is 2. The first-order valence-electron chi connectivity index (χ1n) is 11.2. The predicted octanol–water partition coefficient (Wildman–Crippen LogP) is 5.81. The average Bonchev–Trinajstić information content (AvgIpc) is 2.83. The minimum absolute atomic E-state index is 0.209. The zero-order valence-electron chi connectivity index (χ0n) is 18.9. The Labute approximate surface area is 209 Å². The summed E-state index contributed by atoms with van der Waals surface area (Å²) >= 11 is 12.1. The van der Waals surface area contributed by atoms with Crippen LogP contribution in [0.15, 0.2) is 60.9 Å². The number of pyridine rings is 1. The van der Waals surface area contributed by atoms with Gasteiger partial charge in [-0.2, -0.15) is 0 Å². The molecule has 1 aliphatic heterocycles. The molecule has 8 heteroatoms. The number of anilines is 2. The third-order valence-electron chi connectivity index (χ3n) is 5.92. The van der Waals surface area contributed by atoms with Gasteiger partial charge in [0.2, 0.25) is 0 Å². The highest BCUT2D eigenvalue weighted by atomic mass is 35.5. The highest BCUT2D eigenvalue weighted by Gasteiger charge is 2.22. The molecule has 0 saturated carbocycles. The van der Waals surface area contributed by atoms with Gasteiger partial charge in [0.05, 0.1) is 5.56 Å². The van der Waals surface area contributed by atoms with Crippen molar-refractivity contribution in [3.63, 3.8) is 0 Å². The van der Waals surface area contributed by atoms with Crippen LogP contribution in [0.4, 0.5) is 11.4 Å². The second-order valence-corrected chi connectivity index (χ2v) is 9.43. The van der Waals surface area contributed by atoms with Gasteiger partial charge in [-0.25, -0.2) is 0 Å². The molecule has 1 aromatic heterocycles. The molecular formula is C26H26Cl2N4O2. The molecular weight excluding hydrogens is 471 g/mol. The third kappa shape index (κ3) is 6.07. The van der Waals surface area contributed by atoms with Crippen molar-refractivity contribution in [2.45, 2.75) is 26.3 Å². The highest BCUT2D eigenvalue weighted by molar-refractivity contribution is 6.35. The van der Waals surface area contributed by atoms with Crippen LogP contribution in [0.3, 0.4) is 0 Å². The zero-order chi connectivity index (χ0) is 24.1. The van der Waals surface area contributed by atoms with E-state index in [-0.39, 0.29) is 11.8 Å². The molecule has 0 unspecified atom stereocenters. The predicted molar refractivity (Wildman–Crippen MR) is 137 cm³/mol. The molecule has 1 saturated heterocycles. The first-order chi connectivity index (χ1) is 16.4. The molecule has 3 aromatic rings. The molecule has 2 amide bonds. The monoisotopic (exact) mass is 496 g/mol. The summed E-state index contributed by atoms with van der Waals surface area (Å²) in [5, 5.41) is 6.59. The maximum absolute atomic E-state index is 13.2. The number of benzene rings is 2. The number of nitrogens with zero attached hydrogens (tertiary/aromatic N) is 2. The molecule has 0 radical (unpaired) electrons. The standard InChI is InChI=1S/C26H26Cl2N4O2/c1-17-6-9-32(10-7-17)24-5-4-22(31-25(33)19-11-20(27)13-21(28)12-19)14-23(24)26(34)30-16-18-3-2-8-29-15-18/h2-5,8,11-15,17H,6-7,9-10,16H2,1H3,(H,30,34)(H,31,33). The molecule has 34 heavy (non-hydrogen) atoms. The molecule has 0 bridgehead atoms. The van der Waals surface area contributed by atoms with Crippen molar-refractivity contribution in [2.24, 2.45) is 5.92 Å². The van der Waals surface area contributed by atoms with Crippen LogP contribution in [-0.2, 0) is 6.54 Å². The van der Waals surface area contributed by atoms with Gasteiger partial charge in [0, 0.05) is 59.0 Å². The Hall–Kier alpha value is -3.09. The summed E-state index contributed by atoms with van der Waals surface area (Å²) in [7, 11) is 0. The van der Waals surface area contributed by atoms with E-state index in [1.165, 1.54) is 0 Å². The van der Waals surface area contributed by atoms with Crippen LogP contribution >= 0.6 is 23.2 Å². The van der Waals surface area contributed by atoms with Crippen LogP contribution in [0.1, 0.15) is 46.0 Å². The number of hydrogen-bond donors (Lipinski definition) is 2. The van der Waals surface area contributed by atoms with Gasteiger partial charge in [-0.1, -0.05) is 36.2 Å². The average molecular weight is 497 g/mol. The summed E-state index contributed by atoms with van der Waals surface area (Å²) in [4.78, 5) is 32.4. The lowest BCUT2D eigenvalue weighted by molar-refractivity contribution is 0.0950. The van der Waals surface area contributed by atoms with Crippen molar-refractivity contribution >= 4 is 46.4 Å². The number of piperidine rings is 1. The molecule has 4 rings (SSSR count). The number of rotatable bonds is 6. The van der Waals surface area contributed by atoms with Crippen molar-refractivity contribution in [2.75, 3.05) is 23.3 Å². The van der Waals surface area contributed by atoms with Crippen LogP contribution in [-0.4, -0.2) is 29.9 Å². The van der Waals surface area contributed by atoms with E-state index in [1.54, 1.807) is 36.7 Å². The van der Waals surface area contributed by atoms with Gasteiger partial charge >= 0.3 is 0 Å². The third-order valence-corrected chi connectivity index (χ3v) is 6.36. The molecule has 0 atom stereocenters. The first-order valence-corrected chi connectivity index (χ1v) is 12.0. The lowest BCUT2D eigenvalue weighted by Gasteiger charge is -2.33. The molecule has 1 fully saturated rings. The second kappa shape index (κ2) is 10.9. The van der Waals surface area contributed by atoms with E-state index in [1.807, 2.05) is 24.3 Å². The minimum atomic E-state index is -0.356. The van der Waals surface area contributed by atoms with Crippen LogP contribution < -0.4 is 15.5 Å². The van der Waals surface area contributed by atoms with Crippen molar-refractivity contribution in [3.05, 3.63) is 87.7 Å². The van der Waals surface area contributed by atoms with Gasteiger partial charge in [0.25, 0.3) is 11.8 Å². The molecule has 0 spiro atoms. The first kappa shape index (κ1) is 24.0. The summed E-state index contributed by atoms with van der Waals surface area (Å²) in [5.41, 5.74) is 3.14. The van der Waals surface area contributed by atoms with Crippen molar-refractivity contribution in [3.8, 4) is 0 Å². The Morgan fingerprint density at radius 2 is 1.76 bits per heavy atom. The number of aromatic nitrogens is 1. The minimum Gasteiger partial charge on any atom is -0.371 e. The summed E-state index contributed by atoms with van der Waals surface area (Å²) in [6, 6.07) is 13.8. The molecule has 6 nitrogen and oxygen atoms in total. The summed E-state index contributed by atoms with van der Waals surface area (Å²) in [5.74, 6) is 0.104. The fourth-order valence-corrected chi connectivity index (χ4v) is 4.52. The maximum atomic E-state index is 13.2. The van der Waals surface area contributed by atoms with Gasteiger partial charge < -0.3 is 15.5 Å². The quantitative estimate of drug-likeness (QED) is 0.451. The van der Waals surface area contributed by atoms with E-state index in [2.05, 4.69) is 27.4 Å². The van der Waals surface area contributed by atoms with Crippen LogP contribution in [0.5, 0.6) is 0 Å². The number of amides is 2. The Bertz CT molecular complexity index is 1160. The van der Waals surface area contributed by atoms with E-state index in [9.17, 15) is 9.59 Å². The van der Waals surface area contributed by atoms with Gasteiger partial charge in [-0.05, 0) is 66.8 Å². The van der Waals surface area contributed by atoms with E-state index in [0.29, 0.717) is 39.3 Å². The van der Waals surface area contributed by atoms with Gasteiger partial charge in [0.15, 0.2) is 0 Å². The fourth-order valence-electron chi connectivity index (χ4n) is 3.99. The zero-order valence-corrected chi connectivity index (χ0v) is 20.4. The van der Waals surface area contributed by atoms with Crippen molar-refractivity contribution in [1.29, 1.82) is 0 Å². The number of halogens is 2. The normalized spacial score (nSPS) is 14.0. The van der Waals surface area contributed by atoms with E-state index >= 15 is 0 Å². The second-order valence-electron chi connectivity index (χ2n) is 8.56. The topological polar surface area (TPSA) is 74.3 Å². The van der Waals surface area contributed by atoms with Gasteiger partial charge in [-0.3, -0.25) is 14.6 Å². The van der Waals surface area contributed by atoms with Crippen molar-refractivity contribution in [1.82, 2.24) is 10.3 Å². The number of nitrogens with one attached hydrogen (secondary N) is 2. The van der Waals surface area contributed by atoms with Crippen LogP contribution in [0.25, 0.3) is 0 Å². The summed E-state index contributed by atoms with van der Waals surface area (Å²) in [6.45, 7) is 4.38. The Morgan fingerprint density at radius 1 is 1.03 bits per heavy atom. The highest BCUT2D eigenvalue weighted by Crippen LogP contribution is 2.29. The summed E-state index contributed by atoms with van der Waals surface area (Å²) < 4.78 is 0. The Kier molecular flexibility index (Phi) is 7.70. The molecule has 176 valence electrons. The van der Waals surface area contributed by atoms with E-state index in [4.69, 9.17) is 23.2 Å². The van der Waals surface area contributed by atoms with Gasteiger partial charge in [-0.15, -0.1) is 0 Å². The van der Waals surface area contributed by atoms with E-state index < -0.39 is 0 Å². The molecule has 1 aliphatic rings. The molecule has 2 N–H and O–H groups in total. The largest absolute Gasteiger partial charge is 0.371 e. The van der Waals surface area contributed by atoms with Gasteiger partial charge in [0.1, 0.15) is 0 Å². The number of carbonyl (C=O) groups excluding carboxylic acids is 2. The SMILES string of the molecule is CC1CCN(c2ccc(NC(=O)c3cc(Cl)cc(Cl)c3)cc2C(=O)NCc2cccnc2)CC1. The Morgan fingerprint density at radius 3 is 2.44 bits per heavy atom. The van der Waals surface area contributed by atoms with Crippen LogP contribution in [0, 0.1) is 5.92 Å². The fraction of sp³-hybridized carbons (Fsp3) is 0.269. The maximum Gasteiger partial charge on any atom is 0.255 e. The lowest BCUT2D eigenvalue weighted by atomic mass is 9.97.